The molecule has 0 spiro atoms. The van der Waals surface area contributed by atoms with E-state index in [4.69, 9.17) is 0 Å². The first kappa shape index (κ1) is 13.2. The molecule has 0 unspecified atom stereocenters. The molecule has 0 aliphatic rings. The number of anilines is 1. The number of benzene rings is 1. The number of rotatable bonds is 3. The maximum Gasteiger partial charge on any atom is 0.267 e. The van der Waals surface area contributed by atoms with E-state index in [2.05, 4.69) is 43.4 Å². The fraction of sp³-hybridized carbons (Fsp3) is 0. The highest BCUT2D eigenvalue weighted by atomic mass is 127. The van der Waals surface area contributed by atoms with Gasteiger partial charge in [0, 0.05) is 9.26 Å². The van der Waals surface area contributed by atoms with Crippen molar-refractivity contribution in [2.45, 2.75) is 0 Å². The van der Waals surface area contributed by atoms with E-state index in [1.54, 1.807) is 0 Å². The molecule has 0 saturated carbocycles. The molecule has 3 aromatic rings. The van der Waals surface area contributed by atoms with Crippen LogP contribution in [-0.2, 0) is 0 Å². The number of nitrogens with zero attached hydrogens (tertiary/aromatic N) is 4. The van der Waals surface area contributed by atoms with Gasteiger partial charge in [0.2, 0.25) is 0 Å². The molecule has 6 nitrogen and oxygen atoms in total. The van der Waals surface area contributed by atoms with Crippen LogP contribution in [0.25, 0.3) is 5.69 Å². The Bertz CT molecular complexity index is 723. The molecule has 2 heterocycles. The zero-order valence-corrected chi connectivity index (χ0v) is 13.0. The van der Waals surface area contributed by atoms with Crippen LogP contribution in [0, 0.1) is 3.57 Å². The Hall–Kier alpha value is -1.81. The number of carbonyl (C=O) groups excluding carboxylic acids is 1. The van der Waals surface area contributed by atoms with Gasteiger partial charge in [-0.05, 0) is 68.7 Å². The fourth-order valence-electron chi connectivity index (χ4n) is 1.65. The second kappa shape index (κ2) is 5.67. The summed E-state index contributed by atoms with van der Waals surface area (Å²) in [4.78, 5) is 12.9. The van der Waals surface area contributed by atoms with E-state index in [0.29, 0.717) is 10.6 Å². The van der Waals surface area contributed by atoms with E-state index in [-0.39, 0.29) is 5.91 Å². The molecule has 0 atom stereocenters. The number of nitrogens with one attached hydrogen (secondary N) is 1. The second-order valence-electron chi connectivity index (χ2n) is 3.85. The third-order valence-corrected chi connectivity index (χ3v) is 4.17. The number of thiophene rings is 1. The van der Waals surface area contributed by atoms with Crippen molar-refractivity contribution in [3.63, 3.8) is 0 Å². The Labute approximate surface area is 132 Å². The summed E-state index contributed by atoms with van der Waals surface area (Å²) in [6, 6.07) is 9.41. The molecule has 1 N–H and O–H groups in total. The first-order valence-corrected chi connectivity index (χ1v) is 7.57. The van der Waals surface area contributed by atoms with Crippen molar-refractivity contribution < 1.29 is 4.79 Å². The molecule has 1 amide bonds. The van der Waals surface area contributed by atoms with Crippen LogP contribution in [0.2, 0.25) is 0 Å². The highest BCUT2D eigenvalue weighted by molar-refractivity contribution is 14.1. The molecule has 0 aliphatic carbocycles. The average Bonchev–Trinajstić information content (AvgIpc) is 3.11. The lowest BCUT2D eigenvalue weighted by molar-refractivity contribution is 0.103. The Kier molecular flexibility index (Phi) is 3.74. The minimum Gasteiger partial charge on any atom is -0.321 e. The average molecular weight is 397 g/mol. The predicted octanol–water partition coefficient (Wildman–Crippen LogP) is 2.58. The van der Waals surface area contributed by atoms with Crippen LogP contribution < -0.4 is 5.32 Å². The summed E-state index contributed by atoms with van der Waals surface area (Å²) in [6.07, 6.45) is 1.46. The number of hydrogen-bond donors (Lipinski definition) is 1. The van der Waals surface area contributed by atoms with Crippen molar-refractivity contribution in [3.05, 3.63) is 50.5 Å². The number of aromatic nitrogens is 4. The topological polar surface area (TPSA) is 72.7 Å². The number of carbonyl (C=O) groups is 1. The number of amides is 1. The van der Waals surface area contributed by atoms with Gasteiger partial charge in [0.15, 0.2) is 0 Å². The van der Waals surface area contributed by atoms with Crippen molar-refractivity contribution >= 4 is 45.5 Å². The maximum atomic E-state index is 12.3. The number of tetrazole rings is 1. The molecular weight excluding hydrogens is 389 g/mol. The third-order valence-electron chi connectivity index (χ3n) is 2.55. The van der Waals surface area contributed by atoms with Crippen LogP contribution in [0.1, 0.15) is 9.67 Å². The van der Waals surface area contributed by atoms with Gasteiger partial charge in [0.1, 0.15) is 11.2 Å². The Morgan fingerprint density at radius 1 is 1.25 bits per heavy atom. The molecule has 2 aromatic heterocycles. The Morgan fingerprint density at radius 3 is 2.75 bits per heavy atom. The quantitative estimate of drug-likeness (QED) is 0.690. The van der Waals surface area contributed by atoms with E-state index in [1.165, 1.54) is 22.3 Å². The molecule has 0 fully saturated rings. The fourth-order valence-corrected chi connectivity index (χ4v) is 2.78. The van der Waals surface area contributed by atoms with Crippen LogP contribution in [0.5, 0.6) is 0 Å². The van der Waals surface area contributed by atoms with Gasteiger partial charge in [0.25, 0.3) is 5.91 Å². The molecule has 1 aromatic carbocycles. The van der Waals surface area contributed by atoms with Crippen molar-refractivity contribution in [2.75, 3.05) is 5.32 Å². The van der Waals surface area contributed by atoms with Gasteiger partial charge >= 0.3 is 0 Å². The summed E-state index contributed by atoms with van der Waals surface area (Å²) in [6.45, 7) is 0. The zero-order valence-electron chi connectivity index (χ0n) is 10.0. The summed E-state index contributed by atoms with van der Waals surface area (Å²) in [5, 5.41) is 15.6. The van der Waals surface area contributed by atoms with E-state index in [0.717, 1.165) is 9.26 Å². The van der Waals surface area contributed by atoms with Crippen molar-refractivity contribution in [3.8, 4) is 5.69 Å². The Balaban J connectivity index is 1.85. The normalized spacial score (nSPS) is 10.4. The molecule has 20 heavy (non-hydrogen) atoms. The molecule has 100 valence electrons. The second-order valence-corrected chi connectivity index (χ2v) is 6.01. The predicted molar refractivity (Wildman–Crippen MR) is 84.1 cm³/mol. The van der Waals surface area contributed by atoms with Gasteiger partial charge in [-0.1, -0.05) is 0 Å². The van der Waals surface area contributed by atoms with E-state index < -0.39 is 0 Å². The first-order chi connectivity index (χ1) is 9.74. The first-order valence-electron chi connectivity index (χ1n) is 5.62. The van der Waals surface area contributed by atoms with Crippen LogP contribution in [0.4, 0.5) is 5.69 Å². The van der Waals surface area contributed by atoms with E-state index in [9.17, 15) is 4.79 Å². The molecule has 0 aliphatic heterocycles. The maximum absolute atomic E-state index is 12.3. The standard InChI is InChI=1S/C12H8IN5OS/c13-8-1-3-9(4-2-8)15-12(19)11-10(5-6-20-11)18-7-14-16-17-18/h1-7H,(H,15,19). The lowest BCUT2D eigenvalue weighted by Crippen LogP contribution is -2.13. The van der Waals surface area contributed by atoms with Gasteiger partial charge < -0.3 is 5.32 Å². The highest BCUT2D eigenvalue weighted by Gasteiger charge is 2.15. The van der Waals surface area contributed by atoms with Gasteiger partial charge in [0.05, 0.1) is 5.69 Å². The summed E-state index contributed by atoms with van der Waals surface area (Å²) in [5.41, 5.74) is 1.43. The van der Waals surface area contributed by atoms with Gasteiger partial charge in [-0.25, -0.2) is 0 Å². The third kappa shape index (κ3) is 2.70. The number of hydrogen-bond acceptors (Lipinski definition) is 5. The van der Waals surface area contributed by atoms with Crippen LogP contribution in [0.15, 0.2) is 42.0 Å². The zero-order chi connectivity index (χ0) is 13.9. The Morgan fingerprint density at radius 2 is 2.05 bits per heavy atom. The molecule has 0 saturated heterocycles. The van der Waals surface area contributed by atoms with Crippen LogP contribution in [-0.4, -0.2) is 26.1 Å². The minimum atomic E-state index is -0.174. The summed E-state index contributed by atoms with van der Waals surface area (Å²) in [5.74, 6) is -0.174. The SMILES string of the molecule is O=C(Nc1ccc(I)cc1)c1sccc1-n1cnnn1. The summed E-state index contributed by atoms with van der Waals surface area (Å²) >= 11 is 3.57. The van der Waals surface area contributed by atoms with Crippen LogP contribution >= 0.6 is 33.9 Å². The van der Waals surface area contributed by atoms with E-state index >= 15 is 0 Å². The summed E-state index contributed by atoms with van der Waals surface area (Å²) < 4.78 is 2.59. The van der Waals surface area contributed by atoms with E-state index in [1.807, 2.05) is 35.7 Å². The molecular formula is C12H8IN5OS. The molecule has 0 radical (unpaired) electrons. The highest BCUT2D eigenvalue weighted by Crippen LogP contribution is 2.21. The van der Waals surface area contributed by atoms with Crippen molar-refractivity contribution in [1.82, 2.24) is 20.2 Å². The molecule has 8 heteroatoms. The van der Waals surface area contributed by atoms with Gasteiger partial charge in [-0.15, -0.1) is 16.4 Å². The van der Waals surface area contributed by atoms with Gasteiger partial charge in [-0.2, -0.15) is 4.68 Å². The largest absolute Gasteiger partial charge is 0.321 e. The van der Waals surface area contributed by atoms with Crippen molar-refractivity contribution in [2.24, 2.45) is 0 Å². The van der Waals surface area contributed by atoms with Gasteiger partial charge in [-0.3, -0.25) is 4.79 Å². The molecule has 0 bridgehead atoms. The van der Waals surface area contributed by atoms with Crippen molar-refractivity contribution in [1.29, 1.82) is 0 Å². The monoisotopic (exact) mass is 397 g/mol. The molecule has 3 rings (SSSR count). The lowest BCUT2D eigenvalue weighted by atomic mass is 10.3. The smallest absolute Gasteiger partial charge is 0.267 e. The lowest BCUT2D eigenvalue weighted by Gasteiger charge is -2.05. The van der Waals surface area contributed by atoms with Crippen LogP contribution in [0.3, 0.4) is 0 Å². The summed E-state index contributed by atoms with van der Waals surface area (Å²) in [7, 11) is 0. The minimum absolute atomic E-state index is 0.174. The number of halogens is 1.